The fourth-order valence-electron chi connectivity index (χ4n) is 3.16. The third-order valence-electron chi connectivity index (χ3n) is 5.16. The molecule has 8 nitrogen and oxygen atoms in total. The second-order valence-electron chi connectivity index (χ2n) is 7.70. The monoisotopic (exact) mass is 432 g/mol. The molecular formula is C24H28N6O2. The first-order valence-corrected chi connectivity index (χ1v) is 9.84. The maximum absolute atomic E-state index is 9.47. The molecule has 0 spiro atoms. The van der Waals surface area contributed by atoms with Crippen LogP contribution >= 0.6 is 0 Å². The van der Waals surface area contributed by atoms with Crippen LogP contribution in [-0.4, -0.2) is 15.9 Å². The Morgan fingerprint density at radius 3 is 1.53 bits per heavy atom. The van der Waals surface area contributed by atoms with Crippen molar-refractivity contribution < 1.29 is 10.2 Å². The molecule has 0 heterocycles. The van der Waals surface area contributed by atoms with Gasteiger partial charge >= 0.3 is 0 Å². The molecule has 1 aliphatic rings. The zero-order valence-corrected chi connectivity index (χ0v) is 17.5. The van der Waals surface area contributed by atoms with Crippen molar-refractivity contribution in [3.05, 3.63) is 84.1 Å². The van der Waals surface area contributed by atoms with Crippen LogP contribution in [0.3, 0.4) is 0 Å². The average Bonchev–Trinajstić information content (AvgIpc) is 2.75. The molecule has 8 heteroatoms. The molecule has 0 saturated carbocycles. The first kappa shape index (κ1) is 22.5. The highest BCUT2D eigenvalue weighted by Gasteiger charge is 2.26. The molecule has 4 rings (SSSR count). The number of phenols is 2. The summed E-state index contributed by atoms with van der Waals surface area (Å²) in [6.07, 6.45) is 4.23. The van der Waals surface area contributed by atoms with Crippen molar-refractivity contribution in [3.63, 3.8) is 0 Å². The van der Waals surface area contributed by atoms with E-state index < -0.39 is 5.66 Å². The van der Waals surface area contributed by atoms with E-state index >= 15 is 0 Å². The van der Waals surface area contributed by atoms with Crippen LogP contribution in [-0.2, 0) is 0 Å². The van der Waals surface area contributed by atoms with Gasteiger partial charge in [0.1, 0.15) is 17.2 Å². The van der Waals surface area contributed by atoms with E-state index in [2.05, 4.69) is 0 Å². The van der Waals surface area contributed by atoms with Crippen molar-refractivity contribution in [2.75, 3.05) is 17.2 Å². The van der Waals surface area contributed by atoms with E-state index in [1.165, 1.54) is 0 Å². The van der Waals surface area contributed by atoms with Crippen LogP contribution in [0.15, 0.2) is 78.5 Å². The molecule has 0 amide bonds. The molecule has 0 atom stereocenters. The highest BCUT2D eigenvalue weighted by molar-refractivity contribution is 5.73. The van der Waals surface area contributed by atoms with E-state index in [1.807, 2.05) is 30.3 Å². The Balaban J connectivity index is 0.000000181. The summed E-state index contributed by atoms with van der Waals surface area (Å²) in [4.78, 5) is 0. The molecule has 0 aliphatic heterocycles. The predicted octanol–water partition coefficient (Wildman–Crippen LogP) is 2.44. The lowest BCUT2D eigenvalue weighted by Gasteiger charge is -2.29. The topological polar surface area (TPSA) is 197 Å². The number of hydrogen-bond donors (Lipinski definition) is 8. The third-order valence-corrected chi connectivity index (χ3v) is 5.16. The Morgan fingerprint density at radius 1 is 0.625 bits per heavy atom. The Morgan fingerprint density at radius 2 is 1.09 bits per heavy atom. The van der Waals surface area contributed by atoms with Gasteiger partial charge in [0.05, 0.1) is 11.4 Å². The van der Waals surface area contributed by atoms with Crippen LogP contribution in [0.4, 0.5) is 17.1 Å². The summed E-state index contributed by atoms with van der Waals surface area (Å²) in [6.45, 7) is 0. The lowest BCUT2D eigenvalue weighted by molar-refractivity contribution is 0.477. The Bertz CT molecular complexity index is 1130. The van der Waals surface area contributed by atoms with Gasteiger partial charge in [0.2, 0.25) is 0 Å². The van der Waals surface area contributed by atoms with Crippen molar-refractivity contribution in [2.24, 2.45) is 17.2 Å². The molecule has 1 aliphatic carbocycles. The molecule has 166 valence electrons. The van der Waals surface area contributed by atoms with Gasteiger partial charge in [-0.05, 0) is 64.7 Å². The molecule has 0 saturated heterocycles. The van der Waals surface area contributed by atoms with Crippen LogP contribution < -0.4 is 34.4 Å². The number of nitrogens with two attached hydrogens (primary N) is 6. The number of phenolic OH excluding ortho intramolecular Hbond substituents is 2. The zero-order valence-electron chi connectivity index (χ0n) is 17.5. The van der Waals surface area contributed by atoms with Gasteiger partial charge in [-0.1, -0.05) is 30.3 Å². The summed E-state index contributed by atoms with van der Waals surface area (Å²) in [5.41, 5.74) is 38.8. The van der Waals surface area contributed by atoms with Gasteiger partial charge in [0, 0.05) is 17.8 Å². The summed E-state index contributed by atoms with van der Waals surface area (Å²) in [5, 5.41) is 18.9. The minimum atomic E-state index is -0.953. The van der Waals surface area contributed by atoms with E-state index in [0.29, 0.717) is 23.5 Å². The summed E-state index contributed by atoms with van der Waals surface area (Å²) in [6, 6.07) is 17.4. The van der Waals surface area contributed by atoms with E-state index in [4.69, 9.17) is 34.4 Å². The number of hydrogen-bond acceptors (Lipinski definition) is 8. The molecule has 32 heavy (non-hydrogen) atoms. The second kappa shape index (κ2) is 8.93. The predicted molar refractivity (Wildman–Crippen MR) is 131 cm³/mol. The fourth-order valence-corrected chi connectivity index (χ4v) is 3.16. The maximum Gasteiger partial charge on any atom is 0.139 e. The molecule has 0 bridgehead atoms. The number of rotatable bonds is 2. The van der Waals surface area contributed by atoms with Crippen molar-refractivity contribution in [3.8, 4) is 22.6 Å². The van der Waals surface area contributed by atoms with Crippen LogP contribution in [0.1, 0.15) is 12.0 Å². The summed E-state index contributed by atoms with van der Waals surface area (Å²) in [5.74, 6) is 0.0441. The largest absolute Gasteiger partial charge is 0.506 e. The summed E-state index contributed by atoms with van der Waals surface area (Å²) < 4.78 is 0. The Kier molecular flexibility index (Phi) is 6.29. The number of nitrogen functional groups attached to an aromatic ring is 3. The van der Waals surface area contributed by atoms with Crippen LogP contribution in [0.2, 0.25) is 0 Å². The summed E-state index contributed by atoms with van der Waals surface area (Å²) >= 11 is 0. The third kappa shape index (κ3) is 5.12. The zero-order chi connectivity index (χ0) is 23.5. The van der Waals surface area contributed by atoms with Crippen molar-refractivity contribution in [2.45, 2.75) is 12.1 Å². The lowest BCUT2D eigenvalue weighted by atomic mass is 9.89. The standard InChI is InChI=1S/C12H16N4.C12H12N2O2/c13-10-4-1-8(2-5-10)9-3-6-11(14)12(15,16)7-9;13-9-3-1-7(5-11(9)15)8-2-4-10(14)12(16)6-8/h1-6H,7,13-16H2;1-6,15-16H,13-14H2. The number of allylic oxidation sites excluding steroid dienone is 2. The van der Waals surface area contributed by atoms with Crippen LogP contribution in [0.25, 0.3) is 16.7 Å². The van der Waals surface area contributed by atoms with E-state index in [9.17, 15) is 10.2 Å². The highest BCUT2D eigenvalue weighted by atomic mass is 16.3. The normalized spacial score (nSPS) is 14.6. The van der Waals surface area contributed by atoms with Gasteiger partial charge in [-0.2, -0.15) is 0 Å². The first-order valence-electron chi connectivity index (χ1n) is 9.84. The van der Waals surface area contributed by atoms with Crippen molar-refractivity contribution in [1.82, 2.24) is 0 Å². The first-order chi connectivity index (χ1) is 15.1. The quantitative estimate of drug-likeness (QED) is 0.171. The molecule has 3 aromatic carbocycles. The molecule has 0 fully saturated rings. The number of benzene rings is 3. The van der Waals surface area contributed by atoms with Gasteiger partial charge in [-0.3, -0.25) is 0 Å². The smallest absolute Gasteiger partial charge is 0.139 e. The Hall–Kier alpha value is -4.14. The average molecular weight is 433 g/mol. The van der Waals surface area contributed by atoms with E-state index in [1.54, 1.807) is 42.5 Å². The van der Waals surface area contributed by atoms with Crippen LogP contribution in [0.5, 0.6) is 11.5 Å². The van der Waals surface area contributed by atoms with E-state index in [0.717, 1.165) is 28.0 Å². The minimum absolute atomic E-state index is 0.0221. The number of anilines is 3. The van der Waals surface area contributed by atoms with Gasteiger partial charge in [-0.15, -0.1) is 0 Å². The SMILES string of the molecule is NC1=CC=C(c2ccc(N)cc2)CC1(N)N.Nc1ccc(-c2ccc(N)c(O)c2)cc1O. The Labute approximate surface area is 186 Å². The molecule has 0 aromatic heterocycles. The van der Waals surface area contributed by atoms with Gasteiger partial charge in [0.15, 0.2) is 0 Å². The second-order valence-corrected chi connectivity index (χ2v) is 7.70. The number of aromatic hydroxyl groups is 2. The van der Waals surface area contributed by atoms with Crippen LogP contribution in [0, 0.1) is 0 Å². The van der Waals surface area contributed by atoms with Crippen molar-refractivity contribution in [1.29, 1.82) is 0 Å². The van der Waals surface area contributed by atoms with Crippen molar-refractivity contribution >= 4 is 22.6 Å². The van der Waals surface area contributed by atoms with Gasteiger partial charge in [0.25, 0.3) is 0 Å². The van der Waals surface area contributed by atoms with Gasteiger partial charge < -0.3 is 44.6 Å². The lowest BCUT2D eigenvalue weighted by Crippen LogP contribution is -2.54. The highest BCUT2D eigenvalue weighted by Crippen LogP contribution is 2.32. The maximum atomic E-state index is 9.47. The molecule has 0 unspecified atom stereocenters. The molecule has 14 N–H and O–H groups in total. The molecule has 0 radical (unpaired) electrons. The minimum Gasteiger partial charge on any atom is -0.506 e. The molecular weight excluding hydrogens is 404 g/mol. The van der Waals surface area contributed by atoms with E-state index in [-0.39, 0.29) is 11.5 Å². The fraction of sp³-hybridized carbons (Fsp3) is 0.0833. The van der Waals surface area contributed by atoms with Gasteiger partial charge in [-0.25, -0.2) is 0 Å². The molecule has 3 aromatic rings. The summed E-state index contributed by atoms with van der Waals surface area (Å²) in [7, 11) is 0.